The van der Waals surface area contributed by atoms with Crippen molar-refractivity contribution in [2.24, 2.45) is 5.10 Å². The van der Waals surface area contributed by atoms with Crippen LogP contribution in [0.1, 0.15) is 39.2 Å². The molecule has 8 heteroatoms. The molecule has 0 aliphatic heterocycles. The highest BCUT2D eigenvalue weighted by Gasteiger charge is 2.16. The van der Waals surface area contributed by atoms with Gasteiger partial charge in [-0.05, 0) is 43.7 Å². The van der Waals surface area contributed by atoms with Crippen molar-refractivity contribution in [3.8, 4) is 11.3 Å². The van der Waals surface area contributed by atoms with Crippen molar-refractivity contribution in [2.75, 3.05) is 0 Å². The fraction of sp³-hybridized carbons (Fsp3) is 0.0909. The molecule has 4 aromatic rings. The molecule has 1 N–H and O–H groups in total. The van der Waals surface area contributed by atoms with E-state index in [4.69, 9.17) is 4.42 Å². The molecule has 0 saturated carbocycles. The molecule has 0 unspecified atom stereocenters. The van der Waals surface area contributed by atoms with E-state index in [1.807, 2.05) is 18.2 Å². The van der Waals surface area contributed by atoms with Gasteiger partial charge in [0.1, 0.15) is 28.8 Å². The third-order valence-corrected chi connectivity index (χ3v) is 4.64. The number of fused-ring (bicyclic) bond motifs is 1. The second kappa shape index (κ2) is 7.67. The number of nitrogens with one attached hydrogen (secondary N) is 1. The molecule has 0 radical (unpaired) electrons. The minimum absolute atomic E-state index is 0.225. The van der Waals surface area contributed by atoms with Crippen molar-refractivity contribution in [2.45, 2.75) is 13.8 Å². The molecule has 0 aliphatic carbocycles. The van der Waals surface area contributed by atoms with Crippen molar-refractivity contribution < 1.29 is 19.1 Å². The van der Waals surface area contributed by atoms with E-state index < -0.39 is 5.97 Å². The third kappa shape index (κ3) is 3.58. The topological polar surface area (TPSA) is 112 Å². The van der Waals surface area contributed by atoms with Crippen LogP contribution in [0.15, 0.2) is 70.3 Å². The van der Waals surface area contributed by atoms with Crippen LogP contribution in [0.25, 0.3) is 17.0 Å². The number of carboxylic acids is 1. The van der Waals surface area contributed by atoms with Gasteiger partial charge in [-0.3, -0.25) is 9.20 Å². The van der Waals surface area contributed by atoms with E-state index in [1.54, 1.807) is 54.8 Å². The second-order valence-electron chi connectivity index (χ2n) is 6.64. The maximum atomic E-state index is 12.6. The lowest BCUT2D eigenvalue weighted by Crippen LogP contribution is -2.21. The van der Waals surface area contributed by atoms with Crippen LogP contribution in [0.2, 0.25) is 0 Å². The molecule has 150 valence electrons. The van der Waals surface area contributed by atoms with Crippen LogP contribution in [0.3, 0.4) is 0 Å². The van der Waals surface area contributed by atoms with Crippen molar-refractivity contribution in [3.05, 3.63) is 83.5 Å². The van der Waals surface area contributed by atoms with Gasteiger partial charge in [-0.15, -0.1) is 0 Å². The monoisotopic (exact) mass is 401 g/mol. The first-order chi connectivity index (χ1) is 14.4. The van der Waals surface area contributed by atoms with Gasteiger partial charge in [0, 0.05) is 11.8 Å². The number of carbonyl (C=O) groups is 2. The Bertz CT molecular complexity index is 1280. The number of hydrogen-bond acceptors (Lipinski definition) is 6. The molecule has 0 spiro atoms. The van der Waals surface area contributed by atoms with Crippen LogP contribution in [0.5, 0.6) is 0 Å². The van der Waals surface area contributed by atoms with Gasteiger partial charge >= 0.3 is 0 Å². The van der Waals surface area contributed by atoms with Crippen LogP contribution in [-0.4, -0.2) is 27.0 Å². The maximum Gasteiger partial charge on any atom is 0.290 e. The van der Waals surface area contributed by atoms with Crippen molar-refractivity contribution >= 4 is 23.2 Å². The lowest BCUT2D eigenvalue weighted by molar-refractivity contribution is -0.257. The lowest BCUT2D eigenvalue weighted by Gasteiger charge is -2.05. The molecule has 8 nitrogen and oxygen atoms in total. The molecule has 0 bridgehead atoms. The number of aromatic nitrogens is 2. The van der Waals surface area contributed by atoms with Crippen molar-refractivity contribution in [3.63, 3.8) is 0 Å². The van der Waals surface area contributed by atoms with Gasteiger partial charge in [-0.1, -0.05) is 30.3 Å². The number of carboxylic acid groups (broad SMARTS) is 1. The maximum absolute atomic E-state index is 12.6. The summed E-state index contributed by atoms with van der Waals surface area (Å²) in [5.74, 6) is -1.52. The highest BCUT2D eigenvalue weighted by molar-refractivity contribution is 6.01. The number of hydrazone groups is 1. The number of pyridine rings is 1. The van der Waals surface area contributed by atoms with E-state index in [0.29, 0.717) is 34.1 Å². The molecule has 4 rings (SSSR count). The Balaban J connectivity index is 1.51. The van der Waals surface area contributed by atoms with Crippen LogP contribution < -0.4 is 10.5 Å². The number of aromatic carboxylic acids is 1. The minimum Gasteiger partial charge on any atom is -0.542 e. The number of rotatable bonds is 5. The largest absolute Gasteiger partial charge is 0.542 e. The summed E-state index contributed by atoms with van der Waals surface area (Å²) in [4.78, 5) is 27.8. The highest BCUT2D eigenvalue weighted by Crippen LogP contribution is 2.22. The summed E-state index contributed by atoms with van der Waals surface area (Å²) >= 11 is 0. The molecule has 0 fully saturated rings. The van der Waals surface area contributed by atoms with E-state index in [1.165, 1.54) is 6.07 Å². The molecular weight excluding hydrogens is 384 g/mol. The number of carbonyl (C=O) groups excluding carboxylic acids is 2. The first kappa shape index (κ1) is 19.1. The molecule has 1 aromatic carbocycles. The van der Waals surface area contributed by atoms with Crippen molar-refractivity contribution in [1.29, 1.82) is 0 Å². The third-order valence-electron chi connectivity index (χ3n) is 4.64. The fourth-order valence-electron chi connectivity index (χ4n) is 3.12. The van der Waals surface area contributed by atoms with E-state index in [-0.39, 0.29) is 11.7 Å². The van der Waals surface area contributed by atoms with Crippen LogP contribution in [0.4, 0.5) is 0 Å². The van der Waals surface area contributed by atoms with Gasteiger partial charge in [0.2, 0.25) is 0 Å². The summed E-state index contributed by atoms with van der Waals surface area (Å²) in [5, 5.41) is 15.0. The van der Waals surface area contributed by atoms with Gasteiger partial charge in [0.05, 0.1) is 11.4 Å². The summed E-state index contributed by atoms with van der Waals surface area (Å²) in [6, 6.07) is 15.6. The average Bonchev–Trinajstić information content (AvgIpc) is 3.36. The van der Waals surface area contributed by atoms with E-state index in [0.717, 1.165) is 5.56 Å². The predicted octanol–water partition coefficient (Wildman–Crippen LogP) is 2.42. The summed E-state index contributed by atoms with van der Waals surface area (Å²) in [5.41, 5.74) is 6.42. The molecular formula is C22H17N4O4-. The Hall–Kier alpha value is -4.20. The Morgan fingerprint density at radius 1 is 1.10 bits per heavy atom. The van der Waals surface area contributed by atoms with E-state index in [9.17, 15) is 14.7 Å². The summed E-state index contributed by atoms with van der Waals surface area (Å²) in [6.45, 7) is 3.55. The number of furan rings is 1. The summed E-state index contributed by atoms with van der Waals surface area (Å²) in [7, 11) is 0. The van der Waals surface area contributed by atoms with E-state index in [2.05, 4.69) is 15.5 Å². The molecule has 30 heavy (non-hydrogen) atoms. The normalized spacial score (nSPS) is 11.6. The number of hydrogen-bond donors (Lipinski definition) is 1. The lowest BCUT2D eigenvalue weighted by atomic mass is 10.1. The zero-order valence-corrected chi connectivity index (χ0v) is 16.2. The van der Waals surface area contributed by atoms with Gasteiger partial charge in [0.15, 0.2) is 0 Å². The van der Waals surface area contributed by atoms with E-state index >= 15 is 0 Å². The number of nitrogens with zero attached hydrogens (tertiary/aromatic N) is 3. The molecule has 0 saturated heterocycles. The standard InChI is InChI=1S/C22H18N4O4/c1-13(15-6-8-16(9-7-15)17-10-11-18(30-17)22(28)29)24-25-21(27)20-14(2)23-19-5-3-4-12-26(19)20/h3-12H,1-2H3,(H,25,27)(H,28,29)/p-1/b24-13-. The molecule has 3 aromatic heterocycles. The average molecular weight is 401 g/mol. The number of imidazole rings is 1. The van der Waals surface area contributed by atoms with Gasteiger partial charge in [-0.25, -0.2) is 10.4 Å². The Kier molecular flexibility index (Phi) is 4.89. The zero-order chi connectivity index (χ0) is 21.3. The first-order valence-electron chi connectivity index (χ1n) is 9.14. The van der Waals surface area contributed by atoms with Gasteiger partial charge in [-0.2, -0.15) is 5.10 Å². The number of benzene rings is 1. The summed E-state index contributed by atoms with van der Waals surface area (Å²) < 4.78 is 6.96. The summed E-state index contributed by atoms with van der Waals surface area (Å²) in [6.07, 6.45) is 1.78. The predicted molar refractivity (Wildman–Crippen MR) is 108 cm³/mol. The molecule has 3 heterocycles. The zero-order valence-electron chi connectivity index (χ0n) is 16.2. The fourth-order valence-corrected chi connectivity index (χ4v) is 3.12. The molecule has 1 amide bonds. The Morgan fingerprint density at radius 2 is 1.87 bits per heavy atom. The number of aryl methyl sites for hydroxylation is 1. The Labute approximate surface area is 171 Å². The molecule has 0 atom stereocenters. The second-order valence-corrected chi connectivity index (χ2v) is 6.64. The number of amides is 1. The minimum atomic E-state index is -1.36. The van der Waals surface area contributed by atoms with Gasteiger partial charge < -0.3 is 14.3 Å². The van der Waals surface area contributed by atoms with Crippen LogP contribution in [0, 0.1) is 6.92 Å². The van der Waals surface area contributed by atoms with Gasteiger partial charge in [0.25, 0.3) is 5.91 Å². The van der Waals surface area contributed by atoms with Crippen LogP contribution >= 0.6 is 0 Å². The molecule has 0 aliphatic rings. The Morgan fingerprint density at radius 3 is 2.57 bits per heavy atom. The van der Waals surface area contributed by atoms with Crippen molar-refractivity contribution in [1.82, 2.24) is 14.8 Å². The first-order valence-corrected chi connectivity index (χ1v) is 9.14. The van der Waals surface area contributed by atoms with Crippen LogP contribution in [-0.2, 0) is 0 Å². The quantitative estimate of drug-likeness (QED) is 0.408. The smallest absolute Gasteiger partial charge is 0.290 e. The highest BCUT2D eigenvalue weighted by atomic mass is 16.4. The SMILES string of the molecule is C/C(=N/NC(=O)c1c(C)nc2ccccn12)c1ccc(-c2ccc(C(=O)[O-])o2)cc1.